The number of aromatic hydroxyl groups is 1. The summed E-state index contributed by atoms with van der Waals surface area (Å²) in [6.07, 6.45) is 0. The third kappa shape index (κ3) is 3.21. The van der Waals surface area contributed by atoms with E-state index >= 15 is 0 Å². The minimum absolute atomic E-state index is 0.00975. The number of halogens is 4. The monoisotopic (exact) mass is 363 g/mol. The number of benzene rings is 2. The highest BCUT2D eigenvalue weighted by atomic mass is 35.5. The Morgan fingerprint density at radius 3 is 2.50 bits per heavy atom. The van der Waals surface area contributed by atoms with Crippen molar-refractivity contribution in [3.63, 3.8) is 0 Å². The van der Waals surface area contributed by atoms with Gasteiger partial charge in [-0.1, -0.05) is 34.8 Å². The van der Waals surface area contributed by atoms with Gasteiger partial charge in [0.2, 0.25) is 0 Å². The molecule has 4 nitrogen and oxygen atoms in total. The fraction of sp³-hybridized carbons (Fsp3) is 0.0714. The zero-order valence-corrected chi connectivity index (χ0v) is 13.4. The molecule has 0 saturated heterocycles. The maximum absolute atomic E-state index is 13.6. The van der Waals surface area contributed by atoms with E-state index in [-0.39, 0.29) is 32.1 Å². The number of phenolic OH excluding ortho intramolecular Hbond substituents is 1. The molecule has 0 atom stereocenters. The van der Waals surface area contributed by atoms with Gasteiger partial charge in [0, 0.05) is 11.8 Å². The lowest BCUT2D eigenvalue weighted by atomic mass is 10.1. The second-order valence-corrected chi connectivity index (χ2v) is 5.37. The molecule has 8 heteroatoms. The number of carbonyl (C=O) groups excluding carboxylic acids is 1. The van der Waals surface area contributed by atoms with Gasteiger partial charge in [0.1, 0.15) is 11.3 Å². The Balaban J connectivity index is 2.36. The summed E-state index contributed by atoms with van der Waals surface area (Å²) < 4.78 is 18.4. The molecule has 1 amide bonds. The molecule has 0 aliphatic heterocycles. The maximum Gasteiger partial charge on any atom is 0.261 e. The van der Waals surface area contributed by atoms with Crippen LogP contribution in [-0.4, -0.2) is 18.1 Å². The van der Waals surface area contributed by atoms with Crippen LogP contribution in [0.1, 0.15) is 10.4 Å². The Labute approximate surface area is 140 Å². The standard InChI is InChI=1S/C14H9Cl3FNO3/c1-22-10-3-2-6(4-9(10)18)19-14(21)11-12(17)7(15)5-8(16)13(11)20/h2-5,20H,1H3,(H,19,21). The predicted molar refractivity (Wildman–Crippen MR) is 84.0 cm³/mol. The highest BCUT2D eigenvalue weighted by molar-refractivity contribution is 6.46. The number of ether oxygens (including phenoxy) is 1. The van der Waals surface area contributed by atoms with Crippen LogP contribution in [0.4, 0.5) is 10.1 Å². The first-order valence-electron chi connectivity index (χ1n) is 5.86. The van der Waals surface area contributed by atoms with Gasteiger partial charge in [-0.2, -0.15) is 0 Å². The summed E-state index contributed by atoms with van der Waals surface area (Å²) in [4.78, 5) is 12.2. The van der Waals surface area contributed by atoms with Gasteiger partial charge in [0.25, 0.3) is 5.91 Å². The van der Waals surface area contributed by atoms with Crippen LogP contribution in [0.5, 0.6) is 11.5 Å². The Morgan fingerprint density at radius 2 is 1.91 bits per heavy atom. The van der Waals surface area contributed by atoms with Gasteiger partial charge in [0.15, 0.2) is 11.6 Å². The van der Waals surface area contributed by atoms with Crippen molar-refractivity contribution in [1.29, 1.82) is 0 Å². The number of nitrogens with one attached hydrogen (secondary N) is 1. The van der Waals surface area contributed by atoms with Crippen molar-refractivity contribution in [2.75, 3.05) is 12.4 Å². The molecule has 0 bridgehead atoms. The quantitative estimate of drug-likeness (QED) is 0.773. The molecule has 2 rings (SSSR count). The van der Waals surface area contributed by atoms with Crippen molar-refractivity contribution in [2.45, 2.75) is 0 Å². The molecule has 0 heterocycles. The van der Waals surface area contributed by atoms with E-state index in [2.05, 4.69) is 5.32 Å². The topological polar surface area (TPSA) is 58.6 Å². The van der Waals surface area contributed by atoms with Crippen LogP contribution in [-0.2, 0) is 0 Å². The molecule has 0 aromatic heterocycles. The smallest absolute Gasteiger partial charge is 0.261 e. The van der Waals surface area contributed by atoms with E-state index in [0.29, 0.717) is 0 Å². The Hall–Kier alpha value is -1.69. The summed E-state index contributed by atoms with van der Waals surface area (Å²) in [7, 11) is 1.32. The molecule has 0 unspecified atom stereocenters. The third-order valence-electron chi connectivity index (χ3n) is 2.78. The number of rotatable bonds is 3. The van der Waals surface area contributed by atoms with Gasteiger partial charge < -0.3 is 15.2 Å². The number of hydrogen-bond donors (Lipinski definition) is 2. The van der Waals surface area contributed by atoms with Gasteiger partial charge in [-0.15, -0.1) is 0 Å². The van der Waals surface area contributed by atoms with Gasteiger partial charge in [-0.3, -0.25) is 4.79 Å². The minimum atomic E-state index is -0.781. The molecule has 0 aliphatic rings. The highest BCUT2D eigenvalue weighted by Gasteiger charge is 2.21. The second-order valence-electron chi connectivity index (χ2n) is 4.18. The summed E-state index contributed by atoms with van der Waals surface area (Å²) >= 11 is 17.5. The lowest BCUT2D eigenvalue weighted by molar-refractivity contribution is 0.102. The number of carbonyl (C=O) groups is 1. The largest absolute Gasteiger partial charge is 0.505 e. The third-order valence-corrected chi connectivity index (χ3v) is 3.86. The molecule has 2 N–H and O–H groups in total. The molecule has 2 aromatic carbocycles. The summed E-state index contributed by atoms with van der Waals surface area (Å²) in [6, 6.07) is 5.05. The lowest BCUT2D eigenvalue weighted by Crippen LogP contribution is -2.13. The molecule has 0 spiro atoms. The normalized spacial score (nSPS) is 10.4. The average molecular weight is 365 g/mol. The number of amides is 1. The molecule has 0 aliphatic carbocycles. The Morgan fingerprint density at radius 1 is 1.23 bits per heavy atom. The Kier molecular flexibility index (Phi) is 5.01. The summed E-state index contributed by atoms with van der Waals surface area (Å²) in [5.41, 5.74) is -0.148. The molecule has 22 heavy (non-hydrogen) atoms. The number of phenols is 1. The highest BCUT2D eigenvalue weighted by Crippen LogP contribution is 2.38. The molecule has 0 saturated carbocycles. The van der Waals surface area contributed by atoms with E-state index in [1.54, 1.807) is 0 Å². The van der Waals surface area contributed by atoms with Crippen LogP contribution < -0.4 is 10.1 Å². The molecular weight excluding hydrogens is 356 g/mol. The first-order valence-corrected chi connectivity index (χ1v) is 7.00. The van der Waals surface area contributed by atoms with Crippen molar-refractivity contribution >= 4 is 46.4 Å². The molecular formula is C14H9Cl3FNO3. The minimum Gasteiger partial charge on any atom is -0.505 e. The van der Waals surface area contributed by atoms with Crippen LogP contribution in [0, 0.1) is 5.82 Å². The SMILES string of the molecule is COc1ccc(NC(=O)c2c(O)c(Cl)cc(Cl)c2Cl)cc1F. The number of hydrogen-bond acceptors (Lipinski definition) is 3. The molecule has 0 fully saturated rings. The Bertz CT molecular complexity index is 726. The van der Waals surface area contributed by atoms with E-state index < -0.39 is 17.5 Å². The fourth-order valence-electron chi connectivity index (χ4n) is 1.73. The van der Waals surface area contributed by atoms with E-state index in [1.807, 2.05) is 0 Å². The summed E-state index contributed by atoms with van der Waals surface area (Å²) in [5.74, 6) is -1.91. The van der Waals surface area contributed by atoms with E-state index in [0.717, 1.165) is 6.07 Å². The van der Waals surface area contributed by atoms with Crippen molar-refractivity contribution in [3.05, 3.63) is 50.7 Å². The van der Waals surface area contributed by atoms with Crippen LogP contribution in [0.3, 0.4) is 0 Å². The van der Waals surface area contributed by atoms with Crippen LogP contribution in [0.2, 0.25) is 15.1 Å². The first-order chi connectivity index (χ1) is 10.3. The van der Waals surface area contributed by atoms with Gasteiger partial charge in [-0.25, -0.2) is 4.39 Å². The van der Waals surface area contributed by atoms with Gasteiger partial charge in [0.05, 0.1) is 22.2 Å². The summed E-state index contributed by atoms with van der Waals surface area (Å²) in [6.45, 7) is 0. The van der Waals surface area contributed by atoms with E-state index in [9.17, 15) is 14.3 Å². The van der Waals surface area contributed by atoms with Gasteiger partial charge >= 0.3 is 0 Å². The van der Waals surface area contributed by atoms with Crippen LogP contribution in [0.25, 0.3) is 0 Å². The zero-order valence-electron chi connectivity index (χ0n) is 11.1. The van der Waals surface area contributed by atoms with Gasteiger partial charge in [-0.05, 0) is 18.2 Å². The molecule has 2 aromatic rings. The average Bonchev–Trinajstić information content (AvgIpc) is 2.45. The van der Waals surface area contributed by atoms with E-state index in [4.69, 9.17) is 39.5 Å². The predicted octanol–water partition coefficient (Wildman–Crippen LogP) is 4.75. The number of anilines is 1. The van der Waals surface area contributed by atoms with Crippen molar-refractivity contribution in [3.8, 4) is 11.5 Å². The maximum atomic E-state index is 13.6. The second kappa shape index (κ2) is 6.60. The zero-order chi connectivity index (χ0) is 16.4. The first kappa shape index (κ1) is 16.7. The van der Waals surface area contributed by atoms with Crippen LogP contribution >= 0.6 is 34.8 Å². The summed E-state index contributed by atoms with van der Waals surface area (Å²) in [5, 5.41) is 12.0. The number of methoxy groups -OCH3 is 1. The fourth-order valence-corrected chi connectivity index (χ4v) is 2.42. The van der Waals surface area contributed by atoms with Crippen molar-refractivity contribution < 1.29 is 19.0 Å². The lowest BCUT2D eigenvalue weighted by Gasteiger charge is -2.11. The van der Waals surface area contributed by atoms with Crippen molar-refractivity contribution in [1.82, 2.24) is 0 Å². The van der Waals surface area contributed by atoms with E-state index in [1.165, 1.54) is 25.3 Å². The molecule has 116 valence electrons. The van der Waals surface area contributed by atoms with Crippen molar-refractivity contribution in [2.24, 2.45) is 0 Å². The van der Waals surface area contributed by atoms with Crippen LogP contribution in [0.15, 0.2) is 24.3 Å². The molecule has 0 radical (unpaired) electrons.